The van der Waals surface area contributed by atoms with Crippen molar-refractivity contribution in [2.45, 2.75) is 26.3 Å². The predicted molar refractivity (Wildman–Crippen MR) is 75.1 cm³/mol. The molecule has 0 fully saturated rings. The highest BCUT2D eigenvalue weighted by molar-refractivity contribution is 5.53. The van der Waals surface area contributed by atoms with Gasteiger partial charge in [0.25, 0.3) is 0 Å². The molecule has 0 radical (unpaired) electrons. The van der Waals surface area contributed by atoms with E-state index in [0.29, 0.717) is 5.92 Å². The molecule has 5 nitrogen and oxygen atoms in total. The fourth-order valence-corrected chi connectivity index (χ4v) is 2.40. The van der Waals surface area contributed by atoms with Crippen LogP contribution in [0.3, 0.4) is 0 Å². The Balaban J connectivity index is 2.27. The van der Waals surface area contributed by atoms with Crippen LogP contribution in [0.1, 0.15) is 31.9 Å². The maximum Gasteiger partial charge on any atom is 0.0892 e. The van der Waals surface area contributed by atoms with Crippen LogP contribution in [0, 0.1) is 5.92 Å². The molecule has 0 aliphatic carbocycles. The lowest BCUT2D eigenvalue weighted by Crippen LogP contribution is -2.27. The molecule has 5 heteroatoms. The van der Waals surface area contributed by atoms with Gasteiger partial charge in [0.1, 0.15) is 0 Å². The van der Waals surface area contributed by atoms with E-state index in [1.807, 2.05) is 23.1 Å². The van der Waals surface area contributed by atoms with Gasteiger partial charge in [-0.3, -0.25) is 4.98 Å². The molecule has 0 amide bonds. The average Bonchev–Trinajstić information content (AvgIpc) is 2.86. The number of nitrogens with zero attached hydrogens (tertiary/aromatic N) is 3. The molecular formula is C14H22N4O. The number of hydrogen-bond donors (Lipinski definition) is 1. The van der Waals surface area contributed by atoms with Crippen molar-refractivity contribution >= 4 is 5.52 Å². The second-order valence-electron chi connectivity index (χ2n) is 4.80. The molecule has 0 saturated heterocycles. The molecule has 0 saturated carbocycles. The van der Waals surface area contributed by atoms with E-state index in [1.54, 1.807) is 13.3 Å². The summed E-state index contributed by atoms with van der Waals surface area (Å²) in [6, 6.07) is 0.279. The van der Waals surface area contributed by atoms with Gasteiger partial charge in [-0.1, -0.05) is 13.8 Å². The SMILES string of the molecule is CCNC(c1cnn2ccncc12)C(C)CCOC. The summed E-state index contributed by atoms with van der Waals surface area (Å²) in [6.07, 6.45) is 8.46. The van der Waals surface area contributed by atoms with E-state index in [9.17, 15) is 0 Å². The second-order valence-corrected chi connectivity index (χ2v) is 4.80. The summed E-state index contributed by atoms with van der Waals surface area (Å²) in [7, 11) is 1.74. The van der Waals surface area contributed by atoms with Crippen molar-refractivity contribution in [3.8, 4) is 0 Å². The van der Waals surface area contributed by atoms with E-state index < -0.39 is 0 Å². The molecule has 1 N–H and O–H groups in total. The molecule has 0 aliphatic heterocycles. The fraction of sp³-hybridized carbons (Fsp3) is 0.571. The van der Waals surface area contributed by atoms with E-state index in [2.05, 4.69) is 29.2 Å². The highest BCUT2D eigenvalue weighted by atomic mass is 16.5. The van der Waals surface area contributed by atoms with E-state index in [1.165, 1.54) is 5.56 Å². The van der Waals surface area contributed by atoms with E-state index in [4.69, 9.17) is 4.74 Å². The Kier molecular flexibility index (Phi) is 4.87. The zero-order chi connectivity index (χ0) is 13.7. The largest absolute Gasteiger partial charge is 0.385 e. The maximum atomic E-state index is 5.18. The van der Waals surface area contributed by atoms with Gasteiger partial charge in [-0.25, -0.2) is 4.52 Å². The highest BCUT2D eigenvalue weighted by Crippen LogP contribution is 2.27. The van der Waals surface area contributed by atoms with Crippen molar-refractivity contribution in [1.29, 1.82) is 0 Å². The Labute approximate surface area is 114 Å². The first-order valence-electron chi connectivity index (χ1n) is 6.77. The summed E-state index contributed by atoms with van der Waals surface area (Å²) in [6.45, 7) is 6.08. The van der Waals surface area contributed by atoms with Gasteiger partial charge >= 0.3 is 0 Å². The smallest absolute Gasteiger partial charge is 0.0892 e. The standard InChI is InChI=1S/C14H22N4O/c1-4-16-14(11(2)5-8-19-3)12-9-17-18-7-6-15-10-13(12)18/h6-7,9-11,14,16H,4-5,8H2,1-3H3. The topological polar surface area (TPSA) is 51.5 Å². The van der Waals surface area contributed by atoms with E-state index in [0.717, 1.165) is 25.1 Å². The molecule has 2 aromatic heterocycles. The van der Waals surface area contributed by atoms with Crippen LogP contribution in [0.5, 0.6) is 0 Å². The highest BCUT2D eigenvalue weighted by Gasteiger charge is 2.21. The number of ether oxygens (including phenoxy) is 1. The first kappa shape index (κ1) is 14.0. The number of hydrogen-bond acceptors (Lipinski definition) is 4. The molecule has 0 spiro atoms. The molecule has 104 valence electrons. The minimum absolute atomic E-state index is 0.279. The minimum atomic E-state index is 0.279. The van der Waals surface area contributed by atoms with E-state index in [-0.39, 0.29) is 6.04 Å². The van der Waals surface area contributed by atoms with Crippen molar-refractivity contribution in [1.82, 2.24) is 19.9 Å². The predicted octanol–water partition coefficient (Wildman–Crippen LogP) is 2.05. The minimum Gasteiger partial charge on any atom is -0.385 e. The number of aromatic nitrogens is 3. The first-order valence-corrected chi connectivity index (χ1v) is 6.77. The molecule has 2 unspecified atom stereocenters. The van der Waals surface area contributed by atoms with Gasteiger partial charge in [0.05, 0.1) is 17.9 Å². The Bertz CT molecular complexity index is 511. The van der Waals surface area contributed by atoms with Crippen LogP contribution in [0.25, 0.3) is 5.52 Å². The third-order valence-electron chi connectivity index (χ3n) is 3.46. The van der Waals surface area contributed by atoms with Gasteiger partial charge < -0.3 is 10.1 Å². The van der Waals surface area contributed by atoms with Crippen LogP contribution in [-0.2, 0) is 4.74 Å². The molecule has 0 aliphatic rings. The van der Waals surface area contributed by atoms with Crippen LogP contribution in [0.15, 0.2) is 24.8 Å². The van der Waals surface area contributed by atoms with Crippen molar-refractivity contribution in [3.05, 3.63) is 30.4 Å². The van der Waals surface area contributed by atoms with Gasteiger partial charge in [0, 0.05) is 37.7 Å². The van der Waals surface area contributed by atoms with Gasteiger partial charge in [-0.05, 0) is 18.9 Å². The van der Waals surface area contributed by atoms with E-state index >= 15 is 0 Å². The third-order valence-corrected chi connectivity index (χ3v) is 3.46. The number of nitrogens with one attached hydrogen (secondary N) is 1. The van der Waals surface area contributed by atoms with Crippen LogP contribution in [0.2, 0.25) is 0 Å². The van der Waals surface area contributed by atoms with Crippen LogP contribution >= 0.6 is 0 Å². The monoisotopic (exact) mass is 262 g/mol. The summed E-state index contributed by atoms with van der Waals surface area (Å²) >= 11 is 0. The zero-order valence-electron chi connectivity index (χ0n) is 11.8. The molecule has 2 aromatic rings. The lowest BCUT2D eigenvalue weighted by atomic mass is 9.93. The van der Waals surface area contributed by atoms with Crippen LogP contribution in [0.4, 0.5) is 0 Å². The summed E-state index contributed by atoms with van der Waals surface area (Å²) in [4.78, 5) is 4.20. The van der Waals surface area contributed by atoms with Crippen molar-refractivity contribution in [3.63, 3.8) is 0 Å². The number of fused-ring (bicyclic) bond motifs is 1. The van der Waals surface area contributed by atoms with Gasteiger partial charge in [0.15, 0.2) is 0 Å². The first-order chi connectivity index (χ1) is 9.27. The zero-order valence-corrected chi connectivity index (χ0v) is 11.8. The molecular weight excluding hydrogens is 240 g/mol. The van der Waals surface area contributed by atoms with Crippen molar-refractivity contribution in [2.75, 3.05) is 20.3 Å². The van der Waals surface area contributed by atoms with Crippen LogP contribution < -0.4 is 5.32 Å². The molecule has 2 heterocycles. The molecule has 0 aromatic carbocycles. The summed E-state index contributed by atoms with van der Waals surface area (Å²) in [5.41, 5.74) is 2.27. The summed E-state index contributed by atoms with van der Waals surface area (Å²) < 4.78 is 7.06. The molecule has 2 atom stereocenters. The third kappa shape index (κ3) is 3.11. The molecule has 2 rings (SSSR count). The maximum absolute atomic E-state index is 5.18. The number of rotatable bonds is 7. The van der Waals surface area contributed by atoms with Crippen molar-refractivity contribution in [2.24, 2.45) is 5.92 Å². The average molecular weight is 262 g/mol. The summed E-state index contributed by atoms with van der Waals surface area (Å²) in [5.74, 6) is 0.480. The quantitative estimate of drug-likeness (QED) is 0.829. The Hall–Kier alpha value is -1.46. The van der Waals surface area contributed by atoms with Crippen molar-refractivity contribution < 1.29 is 4.74 Å². The lowest BCUT2D eigenvalue weighted by Gasteiger charge is -2.24. The molecule has 19 heavy (non-hydrogen) atoms. The van der Waals surface area contributed by atoms with Gasteiger partial charge in [-0.15, -0.1) is 0 Å². The second kappa shape index (κ2) is 6.63. The lowest BCUT2D eigenvalue weighted by molar-refractivity contribution is 0.170. The Morgan fingerprint density at radius 3 is 3.00 bits per heavy atom. The Morgan fingerprint density at radius 1 is 1.42 bits per heavy atom. The normalized spacial score (nSPS) is 14.7. The van der Waals surface area contributed by atoms with Gasteiger partial charge in [0.2, 0.25) is 0 Å². The summed E-state index contributed by atoms with van der Waals surface area (Å²) in [5, 5.41) is 7.94. The number of methoxy groups -OCH3 is 1. The molecule has 0 bridgehead atoms. The van der Waals surface area contributed by atoms with Crippen LogP contribution in [-0.4, -0.2) is 34.9 Å². The fourth-order valence-electron chi connectivity index (χ4n) is 2.40. The van der Waals surface area contributed by atoms with Gasteiger partial charge in [-0.2, -0.15) is 5.10 Å². The Morgan fingerprint density at radius 2 is 2.26 bits per heavy atom.